The van der Waals surface area contributed by atoms with Crippen LogP contribution < -0.4 is 10.3 Å². The summed E-state index contributed by atoms with van der Waals surface area (Å²) in [5, 5.41) is 11.9. The Labute approximate surface area is 302 Å². The number of phenolic OH excluding ortho intramolecular Hbond substituents is 1. The quantitative estimate of drug-likeness (QED) is 0.156. The molecule has 0 bridgehead atoms. The van der Waals surface area contributed by atoms with Crippen LogP contribution in [0.15, 0.2) is 109 Å². The molecule has 2 N–H and O–H groups in total. The van der Waals surface area contributed by atoms with Gasteiger partial charge in [0.05, 0.1) is 34.5 Å². The Hall–Kier alpha value is -5.25. The number of anilines is 2. The summed E-state index contributed by atoms with van der Waals surface area (Å²) in [6.45, 7) is 3.78. The minimum absolute atomic E-state index is 0.0796. The fourth-order valence-electron chi connectivity index (χ4n) is 8.76. The molecule has 0 radical (unpaired) electrons. The molecule has 2 aliphatic heterocycles. The van der Waals surface area contributed by atoms with E-state index in [0.717, 1.165) is 10.6 Å². The largest absolute Gasteiger partial charge is 0.508 e. The summed E-state index contributed by atoms with van der Waals surface area (Å²) >= 11 is 13.2. The maximum atomic E-state index is 15.2. The van der Waals surface area contributed by atoms with Crippen LogP contribution in [0.5, 0.6) is 5.75 Å². The lowest BCUT2D eigenvalue weighted by molar-refractivity contribution is -0.138. The highest BCUT2D eigenvalue weighted by Crippen LogP contribution is 2.65. The highest BCUT2D eigenvalue weighted by Gasteiger charge is 2.70. The van der Waals surface area contributed by atoms with Crippen molar-refractivity contribution in [2.75, 3.05) is 10.3 Å². The number of benzene rings is 4. The summed E-state index contributed by atoms with van der Waals surface area (Å²) in [6, 6.07) is 23.5. The first kappa shape index (κ1) is 32.9. The fourth-order valence-corrected chi connectivity index (χ4v) is 9.17. The zero-order valence-corrected chi connectivity index (χ0v) is 28.4. The molecule has 6 atom stereocenters. The highest BCUT2D eigenvalue weighted by molar-refractivity contribution is 6.32. The number of carbonyl (C=O) groups excluding carboxylic acids is 4. The second kappa shape index (κ2) is 12.2. The number of nitrogens with zero attached hydrogens (tertiary/aromatic N) is 2. The average Bonchev–Trinajstić information content (AvgIpc) is 3.50. The Morgan fingerprint density at radius 3 is 2.24 bits per heavy atom. The molecule has 256 valence electrons. The van der Waals surface area contributed by atoms with Crippen molar-refractivity contribution in [3.63, 3.8) is 0 Å². The molecule has 0 spiro atoms. The summed E-state index contributed by atoms with van der Waals surface area (Å²) in [5.74, 6) is -6.41. The van der Waals surface area contributed by atoms with Crippen LogP contribution in [0.3, 0.4) is 0 Å². The van der Waals surface area contributed by atoms with E-state index in [0.29, 0.717) is 33.1 Å². The molecule has 4 aromatic carbocycles. The second-order valence-corrected chi connectivity index (χ2v) is 14.2. The number of imide groups is 2. The molecule has 4 aliphatic rings. The van der Waals surface area contributed by atoms with E-state index in [1.807, 2.05) is 6.08 Å². The summed E-state index contributed by atoms with van der Waals surface area (Å²) in [7, 11) is 0. The van der Waals surface area contributed by atoms with Crippen LogP contribution in [-0.4, -0.2) is 33.7 Å². The number of carbonyl (C=O) groups is 4. The molecule has 8 rings (SSSR count). The topological polar surface area (TPSA) is 107 Å². The van der Waals surface area contributed by atoms with Crippen LogP contribution in [0, 0.1) is 29.5 Å². The van der Waals surface area contributed by atoms with Crippen molar-refractivity contribution < 1.29 is 28.7 Å². The number of fused-ring (bicyclic) bond motifs is 4. The molecule has 2 saturated heterocycles. The first-order valence-electron chi connectivity index (χ1n) is 16.5. The Balaban J connectivity index is 1.32. The highest BCUT2D eigenvalue weighted by atomic mass is 35.5. The molecule has 8 nitrogen and oxygen atoms in total. The second-order valence-electron chi connectivity index (χ2n) is 13.4. The minimum Gasteiger partial charge on any atom is -0.508 e. The van der Waals surface area contributed by atoms with Crippen molar-refractivity contribution in [2.24, 2.45) is 23.7 Å². The van der Waals surface area contributed by atoms with Crippen molar-refractivity contribution in [3.8, 4) is 5.75 Å². The van der Waals surface area contributed by atoms with Gasteiger partial charge in [0.2, 0.25) is 11.8 Å². The van der Waals surface area contributed by atoms with Gasteiger partial charge in [-0.3, -0.25) is 29.5 Å². The number of rotatable bonds is 6. The van der Waals surface area contributed by atoms with Crippen LogP contribution in [0.25, 0.3) is 6.08 Å². The van der Waals surface area contributed by atoms with Crippen LogP contribution in [0.2, 0.25) is 10.0 Å². The molecule has 4 amide bonds. The van der Waals surface area contributed by atoms with Gasteiger partial charge in [-0.2, -0.15) is 5.01 Å². The standard InChI is InChI=1S/C40H30Cl2FN3O5/c1-2-21-3-13-26(14-4-21)45-36(48)30-18-17-28-31(34(30)38(45)50)20-32-37(49)46(44-25-11-9-24(43)10-12-25)39(51)40(32,22-5-7-23(41)8-6-22)35(28)29-16-15-27(47)19-33(29)42/h2-17,19,30-32,34-35,44,47H,1,18,20H2/t30-,31+,32-,34-,35+,40+/m0/s1. The molecule has 2 aliphatic carbocycles. The monoisotopic (exact) mass is 721 g/mol. The van der Waals surface area contributed by atoms with Gasteiger partial charge in [0.15, 0.2) is 0 Å². The maximum Gasteiger partial charge on any atom is 0.260 e. The normalized spacial score (nSPS) is 26.8. The van der Waals surface area contributed by atoms with Gasteiger partial charge in [-0.15, -0.1) is 0 Å². The van der Waals surface area contributed by atoms with Crippen LogP contribution in [0.1, 0.15) is 35.4 Å². The van der Waals surface area contributed by atoms with Gasteiger partial charge in [0.25, 0.3) is 11.8 Å². The van der Waals surface area contributed by atoms with Gasteiger partial charge in [-0.25, -0.2) is 4.39 Å². The summed E-state index contributed by atoms with van der Waals surface area (Å²) < 4.78 is 13.8. The molecule has 3 fully saturated rings. The van der Waals surface area contributed by atoms with E-state index in [4.69, 9.17) is 23.2 Å². The lowest BCUT2D eigenvalue weighted by Gasteiger charge is -2.50. The molecule has 11 heteroatoms. The first-order valence-corrected chi connectivity index (χ1v) is 17.3. The Bertz CT molecular complexity index is 2170. The lowest BCUT2D eigenvalue weighted by Crippen LogP contribution is -2.53. The molecule has 51 heavy (non-hydrogen) atoms. The lowest BCUT2D eigenvalue weighted by atomic mass is 9.49. The fraction of sp³-hybridized carbons (Fsp3) is 0.200. The van der Waals surface area contributed by atoms with Crippen LogP contribution in [-0.2, 0) is 24.6 Å². The van der Waals surface area contributed by atoms with Crippen molar-refractivity contribution in [1.82, 2.24) is 5.01 Å². The Morgan fingerprint density at radius 1 is 0.863 bits per heavy atom. The molecule has 2 heterocycles. The van der Waals surface area contributed by atoms with Gasteiger partial charge in [-0.05, 0) is 96.1 Å². The van der Waals surface area contributed by atoms with Gasteiger partial charge in [0, 0.05) is 16.0 Å². The minimum atomic E-state index is -1.59. The number of allylic oxidation sites excluding steroid dienone is 2. The van der Waals surface area contributed by atoms with Crippen molar-refractivity contribution >= 4 is 64.3 Å². The number of amides is 4. The smallest absolute Gasteiger partial charge is 0.260 e. The molecule has 1 saturated carbocycles. The third-order valence-electron chi connectivity index (χ3n) is 10.9. The van der Waals surface area contributed by atoms with E-state index >= 15 is 4.79 Å². The summed E-state index contributed by atoms with van der Waals surface area (Å²) in [4.78, 5) is 59.6. The van der Waals surface area contributed by atoms with Crippen molar-refractivity contribution in [2.45, 2.75) is 24.2 Å². The third kappa shape index (κ3) is 4.93. The van der Waals surface area contributed by atoms with E-state index in [-0.39, 0.29) is 35.4 Å². The van der Waals surface area contributed by atoms with E-state index in [1.165, 1.54) is 41.3 Å². The van der Waals surface area contributed by atoms with E-state index in [1.54, 1.807) is 60.7 Å². The zero-order valence-electron chi connectivity index (χ0n) is 26.9. The van der Waals surface area contributed by atoms with E-state index in [9.17, 15) is 23.9 Å². The predicted molar refractivity (Wildman–Crippen MR) is 191 cm³/mol. The third-order valence-corrected chi connectivity index (χ3v) is 11.5. The summed E-state index contributed by atoms with van der Waals surface area (Å²) in [6.07, 6.45) is 3.91. The van der Waals surface area contributed by atoms with Crippen molar-refractivity contribution in [3.05, 3.63) is 142 Å². The predicted octanol–water partition coefficient (Wildman–Crippen LogP) is 7.67. The van der Waals surface area contributed by atoms with Gasteiger partial charge < -0.3 is 5.11 Å². The van der Waals surface area contributed by atoms with E-state index in [2.05, 4.69) is 12.0 Å². The van der Waals surface area contributed by atoms with Gasteiger partial charge >= 0.3 is 0 Å². The number of hydrogen-bond acceptors (Lipinski definition) is 6. The average molecular weight is 723 g/mol. The zero-order chi connectivity index (χ0) is 35.8. The number of nitrogens with one attached hydrogen (secondary N) is 1. The van der Waals surface area contributed by atoms with Crippen LogP contribution in [0.4, 0.5) is 15.8 Å². The molecular weight excluding hydrogens is 692 g/mol. The summed E-state index contributed by atoms with van der Waals surface area (Å²) in [5.41, 5.74) is 4.62. The molecule has 4 aromatic rings. The van der Waals surface area contributed by atoms with Gasteiger partial charge in [-0.1, -0.05) is 77.8 Å². The number of phenols is 1. The molecule has 0 unspecified atom stereocenters. The van der Waals surface area contributed by atoms with Gasteiger partial charge in [0.1, 0.15) is 11.6 Å². The Morgan fingerprint density at radius 2 is 1.57 bits per heavy atom. The first-order chi connectivity index (χ1) is 24.5. The number of hydrogen-bond donors (Lipinski definition) is 2. The number of hydrazine groups is 1. The Kier molecular flexibility index (Phi) is 7.88. The SMILES string of the molecule is C=Cc1ccc(N2C(=O)[C@H]3[C@H](CC=C4[C@H]3C[C@H]3C(=O)N(Nc5ccc(F)cc5)C(=O)[C@@]3(c3ccc(Cl)cc3)[C@H]4c3ccc(O)cc3Cl)C2=O)cc1. The number of halogens is 3. The number of aromatic hydroxyl groups is 1. The molecular formula is C40H30Cl2FN3O5. The maximum absolute atomic E-state index is 15.2. The van der Waals surface area contributed by atoms with Crippen LogP contribution >= 0.6 is 23.2 Å². The van der Waals surface area contributed by atoms with E-state index < -0.39 is 52.6 Å². The molecule has 0 aromatic heterocycles. The van der Waals surface area contributed by atoms with Crippen molar-refractivity contribution in [1.29, 1.82) is 0 Å².